The number of carboxylic acid groups (broad SMARTS) is 1. The minimum Gasteiger partial charge on any atom is -0.508 e. The highest BCUT2D eigenvalue weighted by molar-refractivity contribution is 5.94. The van der Waals surface area contributed by atoms with Gasteiger partial charge in [-0.1, -0.05) is 6.07 Å². The van der Waals surface area contributed by atoms with Crippen molar-refractivity contribution in [2.75, 3.05) is 5.32 Å². The normalized spacial score (nSPS) is 13.0. The number of aliphatic hydroxyl groups excluding tert-OH is 1. The van der Waals surface area contributed by atoms with E-state index in [0.717, 1.165) is 0 Å². The molecular formula is C14H18N2O6. The number of aliphatic carboxylic acids is 1. The Morgan fingerprint density at radius 2 is 1.82 bits per heavy atom. The minimum absolute atomic E-state index is 0.00298. The number of carbonyl (C=O) groups excluding carboxylic acids is 2. The molecule has 0 aliphatic heterocycles. The molecule has 1 aromatic rings. The first kappa shape index (κ1) is 17.4. The number of amides is 2. The molecule has 120 valence electrons. The van der Waals surface area contributed by atoms with E-state index in [1.165, 1.54) is 19.1 Å². The molecule has 1 aromatic carbocycles. The van der Waals surface area contributed by atoms with E-state index >= 15 is 0 Å². The van der Waals surface area contributed by atoms with Crippen LogP contribution in [0.1, 0.15) is 19.8 Å². The van der Waals surface area contributed by atoms with Crippen LogP contribution in [0.3, 0.4) is 0 Å². The minimum atomic E-state index is -1.42. The van der Waals surface area contributed by atoms with Gasteiger partial charge in [-0.05, 0) is 19.1 Å². The van der Waals surface area contributed by atoms with Crippen LogP contribution in [0.25, 0.3) is 0 Å². The Balaban J connectivity index is 2.43. The molecule has 0 radical (unpaired) electrons. The Morgan fingerprint density at radius 1 is 1.18 bits per heavy atom. The summed E-state index contributed by atoms with van der Waals surface area (Å²) in [6.45, 7) is 1.24. The summed E-state index contributed by atoms with van der Waals surface area (Å²) < 4.78 is 0. The van der Waals surface area contributed by atoms with Crippen LogP contribution in [0.15, 0.2) is 24.3 Å². The summed E-state index contributed by atoms with van der Waals surface area (Å²) in [7, 11) is 0. The number of aliphatic hydroxyl groups is 1. The van der Waals surface area contributed by atoms with Crippen molar-refractivity contribution in [1.29, 1.82) is 0 Å². The molecule has 8 nitrogen and oxygen atoms in total. The molecule has 0 aromatic heterocycles. The van der Waals surface area contributed by atoms with Crippen molar-refractivity contribution in [3.05, 3.63) is 24.3 Å². The summed E-state index contributed by atoms with van der Waals surface area (Å²) in [6.07, 6.45) is -1.63. The number of phenols is 1. The molecule has 0 unspecified atom stereocenters. The highest BCUT2D eigenvalue weighted by Crippen LogP contribution is 2.15. The fourth-order valence-electron chi connectivity index (χ4n) is 1.67. The first-order chi connectivity index (χ1) is 10.3. The maximum Gasteiger partial charge on any atom is 0.328 e. The van der Waals surface area contributed by atoms with Crippen molar-refractivity contribution in [2.24, 2.45) is 0 Å². The zero-order chi connectivity index (χ0) is 16.7. The molecule has 2 atom stereocenters. The Bertz CT molecular complexity index is 558. The lowest BCUT2D eigenvalue weighted by atomic mass is 10.1. The first-order valence-electron chi connectivity index (χ1n) is 6.58. The Labute approximate surface area is 126 Å². The van der Waals surface area contributed by atoms with Crippen molar-refractivity contribution in [3.63, 3.8) is 0 Å². The summed E-state index contributed by atoms with van der Waals surface area (Å²) in [5, 5.41) is 31.9. The third-order valence-corrected chi connectivity index (χ3v) is 2.77. The molecule has 2 amide bonds. The van der Waals surface area contributed by atoms with E-state index in [-0.39, 0.29) is 18.6 Å². The van der Waals surface area contributed by atoms with Crippen molar-refractivity contribution >= 4 is 23.5 Å². The summed E-state index contributed by atoms with van der Waals surface area (Å²) in [5.41, 5.74) is 0.387. The van der Waals surface area contributed by atoms with Crippen LogP contribution in [-0.4, -0.2) is 45.2 Å². The van der Waals surface area contributed by atoms with E-state index in [1.54, 1.807) is 12.1 Å². The zero-order valence-electron chi connectivity index (χ0n) is 11.9. The highest BCUT2D eigenvalue weighted by atomic mass is 16.4. The van der Waals surface area contributed by atoms with Gasteiger partial charge in [-0.3, -0.25) is 9.59 Å². The smallest absolute Gasteiger partial charge is 0.328 e. The first-order valence-corrected chi connectivity index (χ1v) is 6.58. The van der Waals surface area contributed by atoms with E-state index in [2.05, 4.69) is 10.6 Å². The molecule has 8 heteroatoms. The highest BCUT2D eigenvalue weighted by Gasteiger charge is 2.24. The van der Waals surface area contributed by atoms with E-state index < -0.39 is 29.9 Å². The molecule has 0 fully saturated rings. The van der Waals surface area contributed by atoms with Crippen LogP contribution in [-0.2, 0) is 14.4 Å². The monoisotopic (exact) mass is 310 g/mol. The summed E-state index contributed by atoms with van der Waals surface area (Å²) in [5.74, 6) is -2.46. The van der Waals surface area contributed by atoms with Crippen molar-refractivity contribution in [2.45, 2.75) is 31.9 Å². The third-order valence-electron chi connectivity index (χ3n) is 2.77. The van der Waals surface area contributed by atoms with Crippen LogP contribution in [0.4, 0.5) is 5.69 Å². The molecule has 22 heavy (non-hydrogen) atoms. The van der Waals surface area contributed by atoms with Gasteiger partial charge in [0, 0.05) is 24.6 Å². The number of anilines is 1. The number of carbonyl (C=O) groups is 3. The van der Waals surface area contributed by atoms with Crippen molar-refractivity contribution < 1.29 is 29.7 Å². The molecular weight excluding hydrogens is 292 g/mol. The Hall–Kier alpha value is -2.61. The maximum atomic E-state index is 11.6. The van der Waals surface area contributed by atoms with Crippen LogP contribution in [0, 0.1) is 0 Å². The van der Waals surface area contributed by atoms with E-state index in [4.69, 9.17) is 5.11 Å². The number of carboxylic acids is 1. The molecule has 5 N–H and O–H groups in total. The number of phenolic OH excluding ortho intramolecular Hbond substituents is 1. The van der Waals surface area contributed by atoms with E-state index in [9.17, 15) is 24.6 Å². The third kappa shape index (κ3) is 5.80. The molecule has 0 saturated carbocycles. The van der Waals surface area contributed by atoms with Gasteiger partial charge < -0.3 is 26.0 Å². The number of aromatic hydroxyl groups is 1. The van der Waals surface area contributed by atoms with Crippen molar-refractivity contribution in [1.82, 2.24) is 5.32 Å². The fraction of sp³-hybridized carbons (Fsp3) is 0.357. The average molecular weight is 310 g/mol. The largest absolute Gasteiger partial charge is 0.508 e. The van der Waals surface area contributed by atoms with Crippen molar-refractivity contribution in [3.8, 4) is 5.75 Å². The van der Waals surface area contributed by atoms with Gasteiger partial charge in [0.15, 0.2) is 6.04 Å². The second-order valence-corrected chi connectivity index (χ2v) is 4.72. The van der Waals surface area contributed by atoms with E-state index in [1.807, 2.05) is 0 Å². The van der Waals surface area contributed by atoms with Gasteiger partial charge in [0.25, 0.3) is 0 Å². The lowest BCUT2D eigenvalue weighted by molar-refractivity contribution is -0.144. The summed E-state index contributed by atoms with van der Waals surface area (Å²) in [6, 6.07) is 4.52. The van der Waals surface area contributed by atoms with E-state index in [0.29, 0.717) is 5.69 Å². The predicted octanol–water partition coefficient (Wildman–Crippen LogP) is 0.0611. The zero-order valence-corrected chi connectivity index (χ0v) is 11.9. The molecule has 0 aliphatic rings. The SMILES string of the molecule is C[C@@H](O)[C@H](NC(=O)CCC(=O)Nc1cccc(O)c1)C(=O)O. The number of rotatable bonds is 7. The fourth-order valence-corrected chi connectivity index (χ4v) is 1.67. The van der Waals surface area contributed by atoms with Crippen LogP contribution < -0.4 is 10.6 Å². The quantitative estimate of drug-likeness (QED) is 0.483. The standard InChI is InChI=1S/C14H18N2O6/c1-8(17)13(14(21)22)16-12(20)6-5-11(19)15-9-3-2-4-10(18)7-9/h2-4,7-8,13,17-18H,5-6H2,1H3,(H,15,19)(H,16,20)(H,21,22)/t8-,13+/m1/s1. The topological polar surface area (TPSA) is 136 Å². The molecule has 0 bridgehead atoms. The van der Waals surface area contributed by atoms with Gasteiger partial charge >= 0.3 is 5.97 Å². The van der Waals surface area contributed by atoms with Gasteiger partial charge in [-0.2, -0.15) is 0 Å². The number of nitrogens with one attached hydrogen (secondary N) is 2. The molecule has 0 spiro atoms. The van der Waals surface area contributed by atoms with Gasteiger partial charge in [-0.25, -0.2) is 4.79 Å². The predicted molar refractivity (Wildman–Crippen MR) is 77.2 cm³/mol. The second kappa shape index (κ2) is 7.99. The summed E-state index contributed by atoms with van der Waals surface area (Å²) in [4.78, 5) is 34.0. The van der Waals surface area contributed by atoms with Crippen LogP contribution in [0.2, 0.25) is 0 Å². The number of hydrogen-bond acceptors (Lipinski definition) is 5. The lowest BCUT2D eigenvalue weighted by Gasteiger charge is -2.16. The Kier molecular flexibility index (Phi) is 6.33. The lowest BCUT2D eigenvalue weighted by Crippen LogP contribution is -2.47. The molecule has 1 rings (SSSR count). The Morgan fingerprint density at radius 3 is 2.36 bits per heavy atom. The van der Waals surface area contributed by atoms with Gasteiger partial charge in [0.1, 0.15) is 5.75 Å². The molecule has 0 saturated heterocycles. The number of benzene rings is 1. The maximum absolute atomic E-state index is 11.6. The van der Waals surface area contributed by atoms with Gasteiger partial charge in [0.05, 0.1) is 6.10 Å². The summed E-state index contributed by atoms with van der Waals surface area (Å²) >= 11 is 0. The van der Waals surface area contributed by atoms with Crippen LogP contribution >= 0.6 is 0 Å². The van der Waals surface area contributed by atoms with Gasteiger partial charge in [0.2, 0.25) is 11.8 Å². The number of hydrogen-bond donors (Lipinski definition) is 5. The van der Waals surface area contributed by atoms with Gasteiger partial charge in [-0.15, -0.1) is 0 Å². The molecule has 0 heterocycles. The average Bonchev–Trinajstić information content (AvgIpc) is 2.42. The second-order valence-electron chi connectivity index (χ2n) is 4.72. The molecule has 0 aliphatic carbocycles. The van der Waals surface area contributed by atoms with Crippen LogP contribution in [0.5, 0.6) is 5.75 Å².